The van der Waals surface area contributed by atoms with Gasteiger partial charge in [0.25, 0.3) is 0 Å². The largest absolute Gasteiger partial charge is 0.380 e. The Kier molecular flexibility index (Phi) is 9.62. The van der Waals surface area contributed by atoms with Crippen LogP contribution < -0.4 is 32.1 Å². The van der Waals surface area contributed by atoms with Crippen molar-refractivity contribution < 1.29 is 0 Å². The smallest absolute Gasteiger partial charge is 0.189 e. The lowest BCUT2D eigenvalue weighted by Crippen LogP contribution is -2.51. The average molecular weight is 602 g/mol. The molecule has 0 radical (unpaired) electrons. The molecular formula is C29H35N11S2. The van der Waals surface area contributed by atoms with Gasteiger partial charge in [-0.05, 0) is 60.8 Å². The molecule has 2 saturated heterocycles. The number of pyridine rings is 1. The molecule has 2 fully saturated rings. The zero-order chi connectivity index (χ0) is 29.3. The molecule has 2 aliphatic rings. The quantitative estimate of drug-likeness (QED) is 0.143. The van der Waals surface area contributed by atoms with Gasteiger partial charge in [0.05, 0.1) is 0 Å². The summed E-state index contributed by atoms with van der Waals surface area (Å²) in [6.07, 6.45) is 0. The average Bonchev–Trinajstić information content (AvgIpc) is 3.06. The standard InChI is InChI=1S/C29H35N11S2/c30-26(33-35-28(41)39-18-14-37(15-19-39)22-8-3-1-4-9-22)24-12-7-13-25(32-24)27(31)34-36-29(42)40-20-16-38(17-21-40)23-10-5-2-6-11-23/h1-13H,14-21H2,(H2,30,33)(H2,31,34)(H,35,41)(H,36,42). The van der Waals surface area contributed by atoms with Gasteiger partial charge in [-0.3, -0.25) is 10.9 Å². The van der Waals surface area contributed by atoms with Crippen molar-refractivity contribution in [3.8, 4) is 0 Å². The number of rotatable bonds is 6. The maximum atomic E-state index is 6.22. The van der Waals surface area contributed by atoms with Crippen molar-refractivity contribution in [1.82, 2.24) is 25.6 Å². The van der Waals surface area contributed by atoms with E-state index < -0.39 is 0 Å². The van der Waals surface area contributed by atoms with Gasteiger partial charge in [0.2, 0.25) is 0 Å². The monoisotopic (exact) mass is 601 g/mol. The van der Waals surface area contributed by atoms with Crippen LogP contribution in [0.5, 0.6) is 0 Å². The summed E-state index contributed by atoms with van der Waals surface area (Å²) in [6.45, 7) is 6.62. The third kappa shape index (κ3) is 7.42. The zero-order valence-corrected chi connectivity index (χ0v) is 24.9. The molecule has 11 nitrogen and oxygen atoms in total. The Labute approximate surface area is 256 Å². The van der Waals surface area contributed by atoms with E-state index in [1.807, 2.05) is 12.1 Å². The first-order chi connectivity index (χ1) is 20.5. The van der Waals surface area contributed by atoms with Gasteiger partial charge in [-0.2, -0.15) is 10.2 Å². The van der Waals surface area contributed by atoms with Gasteiger partial charge in [0, 0.05) is 63.7 Å². The molecular weight excluding hydrogens is 567 g/mol. The van der Waals surface area contributed by atoms with Crippen LogP contribution in [0.2, 0.25) is 0 Å². The summed E-state index contributed by atoms with van der Waals surface area (Å²) in [5.41, 5.74) is 21.6. The van der Waals surface area contributed by atoms with Gasteiger partial charge in [-0.1, -0.05) is 42.5 Å². The molecule has 0 bridgehead atoms. The van der Waals surface area contributed by atoms with E-state index in [0.717, 1.165) is 52.4 Å². The van der Waals surface area contributed by atoms with E-state index in [2.05, 4.69) is 94.2 Å². The molecule has 5 rings (SSSR count). The first-order valence-electron chi connectivity index (χ1n) is 13.8. The molecule has 0 spiro atoms. The van der Waals surface area contributed by atoms with Crippen molar-refractivity contribution in [2.24, 2.45) is 21.7 Å². The summed E-state index contributed by atoms with van der Waals surface area (Å²) < 4.78 is 0. The highest BCUT2D eigenvalue weighted by molar-refractivity contribution is 7.80. The molecule has 2 aromatic carbocycles. The SMILES string of the molecule is N/C(=N\NC(=S)N1CCN(c2ccccc2)CC1)c1cccc(/C(N)=N/NC(=S)N2CCN(c3ccccc3)CC2)n1. The molecule has 0 aliphatic carbocycles. The highest BCUT2D eigenvalue weighted by Gasteiger charge is 2.20. The van der Waals surface area contributed by atoms with Crippen LogP contribution in [0.3, 0.4) is 0 Å². The van der Waals surface area contributed by atoms with Crippen LogP contribution in [0.4, 0.5) is 11.4 Å². The highest BCUT2D eigenvalue weighted by Crippen LogP contribution is 2.16. The fraction of sp³-hybridized carbons (Fsp3) is 0.276. The first kappa shape index (κ1) is 29.0. The number of nitrogens with two attached hydrogens (primary N) is 2. The number of para-hydroxylation sites is 2. The van der Waals surface area contributed by atoms with E-state index in [1.165, 1.54) is 11.4 Å². The van der Waals surface area contributed by atoms with Gasteiger partial charge in [-0.15, -0.1) is 0 Å². The van der Waals surface area contributed by atoms with Gasteiger partial charge < -0.3 is 31.1 Å². The minimum Gasteiger partial charge on any atom is -0.380 e. The Hall–Kier alpha value is -4.49. The summed E-state index contributed by atoms with van der Waals surface area (Å²) in [4.78, 5) is 13.4. The summed E-state index contributed by atoms with van der Waals surface area (Å²) in [5.74, 6) is 0.379. The molecule has 0 saturated carbocycles. The number of benzene rings is 2. The molecule has 1 aromatic heterocycles. The molecule has 0 unspecified atom stereocenters. The Morgan fingerprint density at radius 1 is 0.571 bits per heavy atom. The van der Waals surface area contributed by atoms with Crippen LogP contribution in [-0.2, 0) is 0 Å². The summed E-state index contributed by atoms with van der Waals surface area (Å²) in [7, 11) is 0. The van der Waals surface area contributed by atoms with Crippen molar-refractivity contribution in [1.29, 1.82) is 0 Å². The van der Waals surface area contributed by atoms with E-state index in [-0.39, 0.29) is 11.7 Å². The number of hydrogen-bond acceptors (Lipinski definition) is 7. The number of nitrogens with zero attached hydrogens (tertiary/aromatic N) is 7. The number of thiocarbonyl (C=S) groups is 2. The number of amidine groups is 2. The lowest BCUT2D eigenvalue weighted by molar-refractivity contribution is 0.381. The maximum absolute atomic E-state index is 6.22. The third-order valence-electron chi connectivity index (χ3n) is 7.19. The minimum atomic E-state index is 0.190. The van der Waals surface area contributed by atoms with Crippen molar-refractivity contribution in [3.05, 3.63) is 90.3 Å². The van der Waals surface area contributed by atoms with E-state index in [1.54, 1.807) is 18.2 Å². The zero-order valence-electron chi connectivity index (χ0n) is 23.3. The fourth-order valence-electron chi connectivity index (χ4n) is 4.81. The molecule has 218 valence electrons. The Morgan fingerprint density at radius 3 is 1.33 bits per heavy atom. The molecule has 0 amide bonds. The summed E-state index contributed by atoms with van der Waals surface area (Å²) in [5, 5.41) is 9.57. The van der Waals surface area contributed by atoms with Crippen LogP contribution >= 0.6 is 24.4 Å². The minimum absolute atomic E-state index is 0.190. The van der Waals surface area contributed by atoms with E-state index in [9.17, 15) is 0 Å². The fourth-order valence-corrected chi connectivity index (χ4v) is 5.26. The topological polar surface area (TPSA) is 127 Å². The van der Waals surface area contributed by atoms with Crippen LogP contribution in [-0.4, -0.2) is 89.0 Å². The Bertz CT molecular complexity index is 1310. The lowest BCUT2D eigenvalue weighted by atomic mass is 10.2. The lowest BCUT2D eigenvalue weighted by Gasteiger charge is -2.37. The van der Waals surface area contributed by atoms with Crippen molar-refractivity contribution in [2.75, 3.05) is 62.2 Å². The Balaban J connectivity index is 1.10. The molecule has 3 aromatic rings. The Morgan fingerprint density at radius 2 is 0.952 bits per heavy atom. The van der Waals surface area contributed by atoms with Crippen LogP contribution in [0, 0.1) is 0 Å². The number of nitrogens with one attached hydrogen (secondary N) is 2. The normalized spacial score (nSPS) is 16.3. The highest BCUT2D eigenvalue weighted by atomic mass is 32.1. The van der Waals surface area contributed by atoms with Gasteiger partial charge in [-0.25, -0.2) is 4.98 Å². The first-order valence-corrected chi connectivity index (χ1v) is 14.6. The predicted octanol–water partition coefficient (Wildman–Crippen LogP) is 1.72. The van der Waals surface area contributed by atoms with Crippen LogP contribution in [0.1, 0.15) is 11.4 Å². The van der Waals surface area contributed by atoms with Crippen molar-refractivity contribution >= 4 is 57.7 Å². The summed E-state index contributed by atoms with van der Waals surface area (Å²) in [6, 6.07) is 26.0. The third-order valence-corrected chi connectivity index (χ3v) is 7.89. The van der Waals surface area contributed by atoms with Crippen LogP contribution in [0.15, 0.2) is 89.1 Å². The second kappa shape index (κ2) is 13.9. The molecule has 0 atom stereocenters. The molecule has 3 heterocycles. The second-order valence-corrected chi connectivity index (χ2v) is 10.6. The van der Waals surface area contributed by atoms with E-state index in [0.29, 0.717) is 21.6 Å². The maximum Gasteiger partial charge on any atom is 0.189 e. The molecule has 13 heteroatoms. The number of piperazine rings is 2. The summed E-state index contributed by atoms with van der Waals surface area (Å²) >= 11 is 11.1. The second-order valence-electron chi connectivity index (χ2n) is 9.86. The number of hydrogen-bond donors (Lipinski definition) is 4. The number of hydrazone groups is 2. The molecule has 6 N–H and O–H groups in total. The number of anilines is 2. The number of aromatic nitrogens is 1. The van der Waals surface area contributed by atoms with E-state index >= 15 is 0 Å². The molecule has 2 aliphatic heterocycles. The van der Waals surface area contributed by atoms with E-state index in [4.69, 9.17) is 35.9 Å². The van der Waals surface area contributed by atoms with Crippen LogP contribution in [0.25, 0.3) is 0 Å². The van der Waals surface area contributed by atoms with Crippen molar-refractivity contribution in [2.45, 2.75) is 0 Å². The van der Waals surface area contributed by atoms with Gasteiger partial charge >= 0.3 is 0 Å². The predicted molar refractivity (Wildman–Crippen MR) is 178 cm³/mol. The van der Waals surface area contributed by atoms with Gasteiger partial charge in [0.15, 0.2) is 21.9 Å². The van der Waals surface area contributed by atoms with Gasteiger partial charge in [0.1, 0.15) is 11.4 Å². The van der Waals surface area contributed by atoms with Crippen molar-refractivity contribution in [3.63, 3.8) is 0 Å². The molecule has 42 heavy (non-hydrogen) atoms.